The highest BCUT2D eigenvalue weighted by Crippen LogP contribution is 1.94. The summed E-state index contributed by atoms with van der Waals surface area (Å²) >= 11 is 5.55. The molecule has 3 heteroatoms. The number of allylic oxidation sites excluding steroid dienone is 1. The lowest BCUT2D eigenvalue weighted by Crippen LogP contribution is -2.12. The molecule has 0 aromatic carbocycles. The van der Waals surface area contributed by atoms with E-state index < -0.39 is 0 Å². The van der Waals surface area contributed by atoms with Crippen LogP contribution in [-0.4, -0.2) is 13.1 Å². The topological polar surface area (TPSA) is 12.0 Å². The van der Waals surface area contributed by atoms with Crippen LogP contribution < -0.4 is 5.32 Å². The Hall–Kier alpha value is 0.0200. The SMILES string of the molecule is C=CCNCC=C(C)Cl.Cl. The van der Waals surface area contributed by atoms with Crippen molar-refractivity contribution in [3.05, 3.63) is 23.8 Å². The third-order valence-corrected chi connectivity index (χ3v) is 0.971. The van der Waals surface area contributed by atoms with E-state index in [-0.39, 0.29) is 12.4 Å². The molecule has 10 heavy (non-hydrogen) atoms. The second-order valence-electron chi connectivity index (χ2n) is 1.74. The third-order valence-electron chi connectivity index (χ3n) is 0.816. The van der Waals surface area contributed by atoms with Crippen molar-refractivity contribution in [2.75, 3.05) is 13.1 Å². The van der Waals surface area contributed by atoms with Crippen LogP contribution in [0.1, 0.15) is 6.92 Å². The Bertz CT molecular complexity index is 106. The van der Waals surface area contributed by atoms with E-state index >= 15 is 0 Å². The van der Waals surface area contributed by atoms with Crippen LogP contribution in [0.5, 0.6) is 0 Å². The number of nitrogens with one attached hydrogen (secondary N) is 1. The smallest absolute Gasteiger partial charge is 0.0152 e. The standard InChI is InChI=1S/C7H12ClN.ClH/c1-3-5-9-6-4-7(2)8;/h3-4,9H,1,5-6H2,2H3;1H. The lowest BCUT2D eigenvalue weighted by atomic mass is 10.5. The molecule has 0 saturated heterocycles. The van der Waals surface area contributed by atoms with Crippen LogP contribution in [-0.2, 0) is 0 Å². The zero-order valence-corrected chi connectivity index (χ0v) is 7.63. The fraction of sp³-hybridized carbons (Fsp3) is 0.429. The van der Waals surface area contributed by atoms with Gasteiger partial charge in [0.2, 0.25) is 0 Å². The molecule has 0 aliphatic carbocycles. The van der Waals surface area contributed by atoms with Crippen LogP contribution in [0.15, 0.2) is 23.8 Å². The quantitative estimate of drug-likeness (QED) is 0.519. The van der Waals surface area contributed by atoms with Gasteiger partial charge in [0.25, 0.3) is 0 Å². The van der Waals surface area contributed by atoms with Crippen LogP contribution in [0, 0.1) is 0 Å². The Morgan fingerprint density at radius 2 is 2.20 bits per heavy atom. The summed E-state index contributed by atoms with van der Waals surface area (Å²) in [5, 5.41) is 3.91. The molecule has 0 saturated carbocycles. The highest BCUT2D eigenvalue weighted by molar-refractivity contribution is 6.29. The largest absolute Gasteiger partial charge is 0.310 e. The summed E-state index contributed by atoms with van der Waals surface area (Å²) in [7, 11) is 0. The van der Waals surface area contributed by atoms with Crippen molar-refractivity contribution in [1.82, 2.24) is 5.32 Å². The summed E-state index contributed by atoms with van der Waals surface area (Å²) in [5.41, 5.74) is 0. The maximum atomic E-state index is 5.55. The highest BCUT2D eigenvalue weighted by atomic mass is 35.5. The first kappa shape index (κ1) is 12.7. The Balaban J connectivity index is 0. The fourth-order valence-corrected chi connectivity index (χ4v) is 0.475. The molecule has 0 rings (SSSR count). The van der Waals surface area contributed by atoms with Crippen molar-refractivity contribution in [3.63, 3.8) is 0 Å². The Kier molecular flexibility index (Phi) is 11.4. The van der Waals surface area contributed by atoms with Crippen molar-refractivity contribution in [2.24, 2.45) is 0 Å². The molecule has 0 heterocycles. The number of hydrogen-bond donors (Lipinski definition) is 1. The molecule has 0 aromatic heterocycles. The number of hydrogen-bond acceptors (Lipinski definition) is 1. The fourth-order valence-electron chi connectivity index (χ4n) is 0.398. The maximum Gasteiger partial charge on any atom is 0.0152 e. The first-order chi connectivity index (χ1) is 4.27. The summed E-state index contributed by atoms with van der Waals surface area (Å²) in [6.45, 7) is 7.07. The molecule has 0 atom stereocenters. The van der Waals surface area contributed by atoms with Gasteiger partial charge in [-0.25, -0.2) is 0 Å². The van der Waals surface area contributed by atoms with Gasteiger partial charge in [-0.05, 0) is 6.92 Å². The van der Waals surface area contributed by atoms with Crippen LogP contribution >= 0.6 is 24.0 Å². The molecule has 1 nitrogen and oxygen atoms in total. The molecule has 0 spiro atoms. The Labute approximate surface area is 73.6 Å². The van der Waals surface area contributed by atoms with Crippen LogP contribution in [0.3, 0.4) is 0 Å². The van der Waals surface area contributed by atoms with E-state index in [0.717, 1.165) is 18.1 Å². The van der Waals surface area contributed by atoms with E-state index in [4.69, 9.17) is 11.6 Å². The molecular formula is C7H13Cl2N. The first-order valence-corrected chi connectivity index (χ1v) is 3.29. The van der Waals surface area contributed by atoms with E-state index in [0.29, 0.717) is 0 Å². The molecule has 0 aromatic rings. The van der Waals surface area contributed by atoms with Crippen molar-refractivity contribution >= 4 is 24.0 Å². The van der Waals surface area contributed by atoms with Gasteiger partial charge in [-0.15, -0.1) is 19.0 Å². The minimum atomic E-state index is 0. The van der Waals surface area contributed by atoms with Gasteiger partial charge in [-0.3, -0.25) is 0 Å². The molecule has 0 fully saturated rings. The predicted molar refractivity (Wildman–Crippen MR) is 49.9 cm³/mol. The van der Waals surface area contributed by atoms with E-state index in [1.165, 1.54) is 0 Å². The van der Waals surface area contributed by atoms with Gasteiger partial charge < -0.3 is 5.32 Å². The first-order valence-electron chi connectivity index (χ1n) is 2.91. The van der Waals surface area contributed by atoms with Crippen molar-refractivity contribution in [3.8, 4) is 0 Å². The van der Waals surface area contributed by atoms with Crippen molar-refractivity contribution < 1.29 is 0 Å². The number of halogens is 2. The number of rotatable bonds is 4. The highest BCUT2D eigenvalue weighted by Gasteiger charge is 1.78. The van der Waals surface area contributed by atoms with E-state index in [1.807, 2.05) is 19.1 Å². The van der Waals surface area contributed by atoms with E-state index in [1.54, 1.807) is 0 Å². The van der Waals surface area contributed by atoms with Gasteiger partial charge in [0.05, 0.1) is 0 Å². The molecule has 1 N–H and O–H groups in total. The second kappa shape index (κ2) is 9.02. The summed E-state index contributed by atoms with van der Waals surface area (Å²) < 4.78 is 0. The molecule has 60 valence electrons. The van der Waals surface area contributed by atoms with Gasteiger partial charge in [0.15, 0.2) is 0 Å². The molecule has 0 unspecified atom stereocenters. The van der Waals surface area contributed by atoms with Gasteiger partial charge in [0, 0.05) is 18.1 Å². The molecule has 0 radical (unpaired) electrons. The summed E-state index contributed by atoms with van der Waals surface area (Å²) in [4.78, 5) is 0. The molecule has 0 amide bonds. The van der Waals surface area contributed by atoms with Crippen LogP contribution in [0.2, 0.25) is 0 Å². The normalized spacial score (nSPS) is 10.4. The van der Waals surface area contributed by atoms with E-state index in [2.05, 4.69) is 11.9 Å². The minimum Gasteiger partial charge on any atom is -0.310 e. The lowest BCUT2D eigenvalue weighted by molar-refractivity contribution is 0.842. The maximum absolute atomic E-state index is 5.55. The monoisotopic (exact) mass is 181 g/mol. The summed E-state index contributed by atoms with van der Waals surface area (Å²) in [6, 6.07) is 0. The summed E-state index contributed by atoms with van der Waals surface area (Å²) in [5.74, 6) is 0. The zero-order chi connectivity index (χ0) is 7.11. The van der Waals surface area contributed by atoms with Gasteiger partial charge in [-0.2, -0.15) is 0 Å². The Morgan fingerprint density at radius 3 is 2.60 bits per heavy atom. The minimum absolute atomic E-state index is 0. The average molecular weight is 182 g/mol. The zero-order valence-electron chi connectivity index (χ0n) is 6.06. The predicted octanol–water partition coefficient (Wildman–Crippen LogP) is 2.33. The summed E-state index contributed by atoms with van der Waals surface area (Å²) in [6.07, 6.45) is 3.74. The van der Waals surface area contributed by atoms with Crippen molar-refractivity contribution in [1.29, 1.82) is 0 Å². The Morgan fingerprint density at radius 1 is 1.60 bits per heavy atom. The molecule has 0 bridgehead atoms. The van der Waals surface area contributed by atoms with Crippen LogP contribution in [0.4, 0.5) is 0 Å². The van der Waals surface area contributed by atoms with Crippen molar-refractivity contribution in [2.45, 2.75) is 6.92 Å². The lowest BCUT2D eigenvalue weighted by Gasteiger charge is -1.93. The molecular weight excluding hydrogens is 169 g/mol. The van der Waals surface area contributed by atoms with Gasteiger partial charge >= 0.3 is 0 Å². The van der Waals surface area contributed by atoms with E-state index in [9.17, 15) is 0 Å². The third kappa shape index (κ3) is 10.9. The van der Waals surface area contributed by atoms with Gasteiger partial charge in [0.1, 0.15) is 0 Å². The van der Waals surface area contributed by atoms with Crippen LogP contribution in [0.25, 0.3) is 0 Å². The molecule has 0 aliphatic heterocycles. The second-order valence-corrected chi connectivity index (χ2v) is 2.33. The molecule has 0 aliphatic rings. The average Bonchev–Trinajstić information content (AvgIpc) is 1.80. The van der Waals surface area contributed by atoms with Gasteiger partial charge in [-0.1, -0.05) is 23.8 Å².